The van der Waals surface area contributed by atoms with E-state index >= 15 is 0 Å². The molecular formula is C20H20O7. The van der Waals surface area contributed by atoms with Crippen molar-refractivity contribution in [2.75, 3.05) is 0 Å². The maximum atomic E-state index is 13.4. The maximum absolute atomic E-state index is 13.4. The Hall–Kier alpha value is -2.35. The zero-order valence-corrected chi connectivity index (χ0v) is 15.4. The summed E-state index contributed by atoms with van der Waals surface area (Å²) in [5.74, 6) is -3.14. The molecule has 1 N–H and O–H groups in total. The lowest BCUT2D eigenvalue weighted by Gasteiger charge is -2.56. The van der Waals surface area contributed by atoms with Crippen molar-refractivity contribution in [3.63, 3.8) is 0 Å². The molecule has 0 unspecified atom stereocenters. The fourth-order valence-corrected chi connectivity index (χ4v) is 4.79. The van der Waals surface area contributed by atoms with Crippen LogP contribution in [0.1, 0.15) is 43.6 Å². The van der Waals surface area contributed by atoms with Crippen molar-refractivity contribution in [1.82, 2.24) is 0 Å². The number of aldehydes is 1. The van der Waals surface area contributed by atoms with Gasteiger partial charge in [0.15, 0.2) is 11.4 Å². The molecule has 0 aromatic heterocycles. The van der Waals surface area contributed by atoms with Crippen LogP contribution < -0.4 is 4.74 Å². The van der Waals surface area contributed by atoms with Crippen LogP contribution in [0.2, 0.25) is 0 Å². The molecule has 1 aromatic rings. The molecule has 0 saturated carbocycles. The molecule has 0 radical (unpaired) electrons. The van der Waals surface area contributed by atoms with Gasteiger partial charge in [-0.05, 0) is 38.5 Å². The number of aliphatic hydroxyl groups is 1. The average Bonchev–Trinajstić information content (AvgIpc) is 2.85. The fourth-order valence-electron chi connectivity index (χ4n) is 4.79. The first kappa shape index (κ1) is 18.0. The minimum Gasteiger partial charge on any atom is -0.426 e. The summed E-state index contributed by atoms with van der Waals surface area (Å²) >= 11 is 0. The number of carbonyl (C=O) groups is 3. The van der Waals surface area contributed by atoms with Crippen LogP contribution in [0.4, 0.5) is 0 Å². The monoisotopic (exact) mass is 372 g/mol. The molecule has 1 fully saturated rings. The van der Waals surface area contributed by atoms with Crippen molar-refractivity contribution >= 4 is 18.0 Å². The molecule has 1 aromatic carbocycles. The lowest BCUT2D eigenvalue weighted by atomic mass is 9.62. The van der Waals surface area contributed by atoms with E-state index in [9.17, 15) is 19.5 Å². The fraction of sp³-hybridized carbons (Fsp3) is 0.450. The summed E-state index contributed by atoms with van der Waals surface area (Å²) in [6, 6.07) is 4.84. The van der Waals surface area contributed by atoms with Crippen LogP contribution in [0.25, 0.3) is 0 Å². The molecule has 7 heteroatoms. The first-order valence-electron chi connectivity index (χ1n) is 8.69. The number of hydrogen-bond donors (Lipinski definition) is 1. The predicted octanol–water partition coefficient (Wildman–Crippen LogP) is 1.66. The minimum atomic E-state index is -2.12. The Balaban J connectivity index is 2.04. The number of hydrogen-bond acceptors (Lipinski definition) is 7. The van der Waals surface area contributed by atoms with Crippen LogP contribution in [0.15, 0.2) is 29.8 Å². The van der Waals surface area contributed by atoms with Crippen molar-refractivity contribution in [3.8, 4) is 5.75 Å². The number of ether oxygens (including phenoxy) is 3. The van der Waals surface area contributed by atoms with E-state index < -0.39 is 40.8 Å². The zero-order valence-electron chi connectivity index (χ0n) is 15.4. The quantitative estimate of drug-likeness (QED) is 0.479. The van der Waals surface area contributed by atoms with E-state index in [1.807, 2.05) is 0 Å². The van der Waals surface area contributed by atoms with Crippen molar-refractivity contribution in [2.24, 2.45) is 5.92 Å². The van der Waals surface area contributed by atoms with Crippen molar-refractivity contribution < 1.29 is 33.7 Å². The molecule has 1 aliphatic heterocycles. The second-order valence-corrected chi connectivity index (χ2v) is 7.78. The first-order valence-corrected chi connectivity index (χ1v) is 8.69. The van der Waals surface area contributed by atoms with E-state index in [4.69, 9.17) is 14.2 Å². The number of carbonyl (C=O) groups excluding carboxylic acids is 3. The molecule has 0 bridgehead atoms. The number of Topliss-reactive ketones (excluding diaryl/α,β-unsaturated/α-hetero) is 1. The Morgan fingerprint density at radius 1 is 1.30 bits per heavy atom. The molecule has 1 saturated heterocycles. The number of esters is 1. The SMILES string of the molecule is CC(=O)Oc1cccc2c1C(=O)[C@]1(O)C(C=O)=C[C@H]3OC(C)(C)O[C@@]2(C)[C@H]31. The zero-order chi connectivity index (χ0) is 19.8. The van der Waals surface area contributed by atoms with Crippen LogP contribution >= 0.6 is 0 Å². The highest BCUT2D eigenvalue weighted by molar-refractivity contribution is 6.13. The van der Waals surface area contributed by atoms with Gasteiger partial charge in [0.1, 0.15) is 17.6 Å². The average molecular weight is 372 g/mol. The van der Waals surface area contributed by atoms with E-state index in [0.29, 0.717) is 11.8 Å². The Kier molecular flexibility index (Phi) is 3.57. The van der Waals surface area contributed by atoms with E-state index in [1.165, 1.54) is 19.1 Å². The number of ketones is 1. The third-order valence-corrected chi connectivity index (χ3v) is 5.55. The van der Waals surface area contributed by atoms with Gasteiger partial charge in [-0.3, -0.25) is 14.4 Å². The van der Waals surface area contributed by atoms with Gasteiger partial charge >= 0.3 is 5.97 Å². The van der Waals surface area contributed by atoms with E-state index in [2.05, 4.69) is 0 Å². The molecule has 7 nitrogen and oxygen atoms in total. The van der Waals surface area contributed by atoms with Gasteiger partial charge in [0.05, 0.1) is 17.6 Å². The summed E-state index contributed by atoms with van der Waals surface area (Å²) in [6.07, 6.45) is 1.26. The Morgan fingerprint density at radius 2 is 2.00 bits per heavy atom. The van der Waals surface area contributed by atoms with Gasteiger partial charge in [-0.25, -0.2) is 0 Å². The van der Waals surface area contributed by atoms with Crippen LogP contribution in [-0.2, 0) is 24.7 Å². The second kappa shape index (κ2) is 5.34. The topological polar surface area (TPSA) is 99.1 Å². The summed E-state index contributed by atoms with van der Waals surface area (Å²) in [7, 11) is 0. The van der Waals surface area contributed by atoms with E-state index in [1.54, 1.807) is 32.9 Å². The smallest absolute Gasteiger partial charge is 0.308 e. The molecule has 3 aliphatic rings. The highest BCUT2D eigenvalue weighted by Crippen LogP contribution is 2.59. The molecule has 4 rings (SSSR count). The predicted molar refractivity (Wildman–Crippen MR) is 92.1 cm³/mol. The van der Waals surface area contributed by atoms with Gasteiger partial charge in [-0.2, -0.15) is 0 Å². The summed E-state index contributed by atoms with van der Waals surface area (Å²) in [5.41, 5.74) is -2.82. The Bertz CT molecular complexity index is 915. The number of benzene rings is 1. The highest BCUT2D eigenvalue weighted by Gasteiger charge is 2.69. The Labute approximate surface area is 155 Å². The Morgan fingerprint density at radius 3 is 2.63 bits per heavy atom. The largest absolute Gasteiger partial charge is 0.426 e. The second-order valence-electron chi connectivity index (χ2n) is 7.78. The lowest BCUT2D eigenvalue weighted by Crippen LogP contribution is -2.66. The lowest BCUT2D eigenvalue weighted by molar-refractivity contribution is -0.359. The van der Waals surface area contributed by atoms with Gasteiger partial charge < -0.3 is 19.3 Å². The van der Waals surface area contributed by atoms with Gasteiger partial charge in [0.2, 0.25) is 5.78 Å². The van der Waals surface area contributed by atoms with Gasteiger partial charge in [0.25, 0.3) is 0 Å². The summed E-state index contributed by atoms with van der Waals surface area (Å²) < 4.78 is 17.3. The van der Waals surface area contributed by atoms with Crippen molar-refractivity contribution in [2.45, 2.75) is 50.8 Å². The third kappa shape index (κ3) is 2.22. The molecule has 27 heavy (non-hydrogen) atoms. The molecule has 2 aliphatic carbocycles. The maximum Gasteiger partial charge on any atom is 0.308 e. The van der Waals surface area contributed by atoms with Gasteiger partial charge in [-0.1, -0.05) is 12.1 Å². The molecule has 4 atom stereocenters. The van der Waals surface area contributed by atoms with Crippen LogP contribution in [0, 0.1) is 5.92 Å². The summed E-state index contributed by atoms with van der Waals surface area (Å²) in [6.45, 7) is 6.44. The standard InChI is InChI=1S/C20H20O7/c1-10(22)25-13-7-5-6-12-15(13)17(23)20(24)11(9-21)8-14-16(20)19(12,4)27-18(2,3)26-14/h5-9,14,16,24H,1-4H3/t14-,16+,19-,20+/m1/s1. The first-order chi connectivity index (χ1) is 12.5. The summed E-state index contributed by atoms with van der Waals surface area (Å²) in [4.78, 5) is 36.6. The van der Waals surface area contributed by atoms with E-state index in [-0.39, 0.29) is 16.9 Å². The normalized spacial score (nSPS) is 35.7. The minimum absolute atomic E-state index is 0.0275. The molecular weight excluding hydrogens is 352 g/mol. The number of fused-ring (bicyclic) bond motifs is 2. The van der Waals surface area contributed by atoms with Gasteiger partial charge in [0, 0.05) is 12.5 Å². The summed E-state index contributed by atoms with van der Waals surface area (Å²) in [5, 5.41) is 11.4. The molecule has 0 amide bonds. The highest BCUT2D eigenvalue weighted by atomic mass is 16.7. The molecule has 142 valence electrons. The molecule has 0 spiro atoms. The van der Waals surface area contributed by atoms with Crippen LogP contribution in [0.3, 0.4) is 0 Å². The molecule has 1 heterocycles. The van der Waals surface area contributed by atoms with Crippen LogP contribution in [-0.4, -0.2) is 40.6 Å². The van der Waals surface area contributed by atoms with Gasteiger partial charge in [-0.15, -0.1) is 0 Å². The third-order valence-electron chi connectivity index (χ3n) is 5.55. The number of rotatable bonds is 2. The van der Waals surface area contributed by atoms with Crippen molar-refractivity contribution in [3.05, 3.63) is 41.0 Å². The van der Waals surface area contributed by atoms with Crippen LogP contribution in [0.5, 0.6) is 5.75 Å². The van der Waals surface area contributed by atoms with Crippen molar-refractivity contribution in [1.29, 1.82) is 0 Å². The van der Waals surface area contributed by atoms with E-state index in [0.717, 1.165) is 0 Å².